The van der Waals surface area contributed by atoms with Gasteiger partial charge in [0, 0.05) is 17.8 Å². The van der Waals surface area contributed by atoms with Crippen LogP contribution in [0.1, 0.15) is 0 Å². The maximum absolute atomic E-state index is 10.3. The number of benzene rings is 1. The molecule has 0 amide bonds. The van der Waals surface area contributed by atoms with Gasteiger partial charge in [0.25, 0.3) is 5.69 Å². The lowest BCUT2D eigenvalue weighted by Gasteiger charge is -2.00. The van der Waals surface area contributed by atoms with E-state index in [9.17, 15) is 14.9 Å². The van der Waals surface area contributed by atoms with Gasteiger partial charge in [-0.05, 0) is 6.07 Å². The third kappa shape index (κ3) is 2.55. The summed E-state index contributed by atoms with van der Waals surface area (Å²) in [4.78, 5) is 19.9. The maximum atomic E-state index is 10.3. The van der Waals surface area contributed by atoms with Gasteiger partial charge in [0.05, 0.1) is 11.5 Å². The molecule has 1 rings (SSSR count). The van der Waals surface area contributed by atoms with E-state index in [0.717, 1.165) is 0 Å². The number of nitro benzene ring substituents is 1. The zero-order chi connectivity index (χ0) is 9.68. The number of nitro groups is 1. The van der Waals surface area contributed by atoms with E-state index in [1.54, 1.807) is 12.1 Å². The van der Waals surface area contributed by atoms with Crippen molar-refractivity contribution in [3.05, 3.63) is 34.4 Å². The van der Waals surface area contributed by atoms with E-state index in [2.05, 4.69) is 5.32 Å². The molecule has 0 saturated carbocycles. The first-order chi connectivity index (χ1) is 6.24. The summed E-state index contributed by atoms with van der Waals surface area (Å²) in [6.07, 6.45) is 0.693. The molecule has 0 bridgehead atoms. The van der Waals surface area contributed by atoms with Gasteiger partial charge < -0.3 is 10.1 Å². The first-order valence-electron chi connectivity index (χ1n) is 3.66. The van der Waals surface area contributed by atoms with Crippen LogP contribution in [0.15, 0.2) is 24.3 Å². The van der Waals surface area contributed by atoms with E-state index >= 15 is 0 Å². The highest BCUT2D eigenvalue weighted by atomic mass is 16.6. The molecule has 0 fully saturated rings. The Hall–Kier alpha value is -1.91. The molecule has 0 aliphatic heterocycles. The lowest BCUT2D eigenvalue weighted by molar-refractivity contribution is -0.384. The fourth-order valence-corrected chi connectivity index (χ4v) is 0.889. The topological polar surface area (TPSA) is 72.2 Å². The van der Waals surface area contributed by atoms with E-state index in [0.29, 0.717) is 12.0 Å². The van der Waals surface area contributed by atoms with Crippen molar-refractivity contribution in [3.63, 3.8) is 0 Å². The van der Waals surface area contributed by atoms with Crippen molar-refractivity contribution in [2.75, 3.05) is 11.9 Å². The van der Waals surface area contributed by atoms with Crippen LogP contribution in [0.4, 0.5) is 11.4 Å². The molecule has 0 saturated heterocycles. The van der Waals surface area contributed by atoms with Crippen molar-refractivity contribution in [2.24, 2.45) is 0 Å². The van der Waals surface area contributed by atoms with Gasteiger partial charge in [-0.25, -0.2) is 0 Å². The molecule has 1 N–H and O–H groups in total. The van der Waals surface area contributed by atoms with Crippen LogP contribution in [-0.4, -0.2) is 17.8 Å². The third-order valence-corrected chi connectivity index (χ3v) is 1.45. The molecule has 5 nitrogen and oxygen atoms in total. The molecule has 0 aromatic heterocycles. The van der Waals surface area contributed by atoms with Gasteiger partial charge in [-0.1, -0.05) is 6.07 Å². The molecule has 5 heteroatoms. The van der Waals surface area contributed by atoms with Crippen LogP contribution in [0.25, 0.3) is 0 Å². The quantitative estimate of drug-likeness (QED) is 0.429. The molecule has 0 unspecified atom stereocenters. The second-order valence-corrected chi connectivity index (χ2v) is 2.36. The van der Waals surface area contributed by atoms with Crippen molar-refractivity contribution in [2.45, 2.75) is 0 Å². The number of nitrogens with zero attached hydrogens (tertiary/aromatic N) is 1. The Morgan fingerprint density at radius 1 is 1.54 bits per heavy atom. The molecule has 0 atom stereocenters. The van der Waals surface area contributed by atoms with E-state index in [4.69, 9.17) is 0 Å². The molecule has 1 aromatic carbocycles. The number of non-ortho nitro benzene ring substituents is 1. The number of carbonyl (C=O) groups excluding carboxylic acids is 1. The molecule has 1 aromatic rings. The van der Waals surface area contributed by atoms with Crippen LogP contribution >= 0.6 is 0 Å². The minimum atomic E-state index is -0.480. The molecular formula is C8H8N2O3. The molecule has 0 spiro atoms. The Morgan fingerprint density at radius 3 is 2.92 bits per heavy atom. The first kappa shape index (κ1) is 9.18. The predicted molar refractivity (Wildman–Crippen MR) is 47.7 cm³/mol. The van der Waals surface area contributed by atoms with Crippen LogP contribution in [-0.2, 0) is 4.79 Å². The Balaban J connectivity index is 2.79. The van der Waals surface area contributed by atoms with Gasteiger partial charge in [0.15, 0.2) is 0 Å². The van der Waals surface area contributed by atoms with E-state index in [1.807, 2.05) is 0 Å². The summed E-state index contributed by atoms with van der Waals surface area (Å²) >= 11 is 0. The summed E-state index contributed by atoms with van der Waals surface area (Å²) < 4.78 is 0. The fourth-order valence-electron chi connectivity index (χ4n) is 0.889. The normalized spacial score (nSPS) is 9.23. The van der Waals surface area contributed by atoms with Crippen molar-refractivity contribution in [1.29, 1.82) is 0 Å². The molecule has 0 heterocycles. The minimum Gasteiger partial charge on any atom is -0.378 e. The highest BCUT2D eigenvalue weighted by Crippen LogP contribution is 2.16. The van der Waals surface area contributed by atoms with Crippen LogP contribution in [0.5, 0.6) is 0 Å². The van der Waals surface area contributed by atoms with Crippen molar-refractivity contribution >= 4 is 17.7 Å². The van der Waals surface area contributed by atoms with Gasteiger partial charge in [0.1, 0.15) is 6.29 Å². The smallest absolute Gasteiger partial charge is 0.271 e. The average Bonchev–Trinajstić information content (AvgIpc) is 2.15. The fraction of sp³-hybridized carbons (Fsp3) is 0.125. The number of aldehydes is 1. The lowest BCUT2D eigenvalue weighted by atomic mass is 10.3. The molecule has 0 radical (unpaired) electrons. The maximum Gasteiger partial charge on any atom is 0.271 e. The van der Waals surface area contributed by atoms with E-state index in [1.165, 1.54) is 12.1 Å². The third-order valence-electron chi connectivity index (χ3n) is 1.45. The summed E-state index contributed by atoms with van der Waals surface area (Å²) in [5.41, 5.74) is 0.581. The monoisotopic (exact) mass is 180 g/mol. The number of hydrogen-bond donors (Lipinski definition) is 1. The molecule has 0 aliphatic carbocycles. The predicted octanol–water partition coefficient (Wildman–Crippen LogP) is 1.21. The molecule has 68 valence electrons. The Morgan fingerprint density at radius 2 is 2.31 bits per heavy atom. The van der Waals surface area contributed by atoms with Gasteiger partial charge in [-0.2, -0.15) is 0 Å². The minimum absolute atomic E-state index is 0.0101. The largest absolute Gasteiger partial charge is 0.378 e. The molecule has 0 aliphatic rings. The number of anilines is 1. The van der Waals surface area contributed by atoms with Crippen LogP contribution < -0.4 is 5.32 Å². The highest BCUT2D eigenvalue weighted by Gasteiger charge is 2.04. The average molecular weight is 180 g/mol. The van der Waals surface area contributed by atoms with Gasteiger partial charge >= 0.3 is 0 Å². The van der Waals surface area contributed by atoms with Gasteiger partial charge in [-0.3, -0.25) is 10.1 Å². The number of nitrogens with one attached hydrogen (secondary N) is 1. The summed E-state index contributed by atoms with van der Waals surface area (Å²) in [6.45, 7) is 0.154. The highest BCUT2D eigenvalue weighted by molar-refractivity contribution is 5.60. The SMILES string of the molecule is O=CCNc1cccc([N+](=O)[O-])c1. The summed E-state index contributed by atoms with van der Waals surface area (Å²) in [5, 5.41) is 13.1. The first-order valence-corrected chi connectivity index (χ1v) is 3.66. The van der Waals surface area contributed by atoms with Crippen molar-refractivity contribution in [1.82, 2.24) is 0 Å². The Labute approximate surface area is 74.5 Å². The van der Waals surface area contributed by atoms with Gasteiger partial charge in [0.2, 0.25) is 0 Å². The van der Waals surface area contributed by atoms with Crippen LogP contribution in [0.3, 0.4) is 0 Å². The Kier molecular flexibility index (Phi) is 2.97. The van der Waals surface area contributed by atoms with Crippen LogP contribution in [0.2, 0.25) is 0 Å². The van der Waals surface area contributed by atoms with E-state index in [-0.39, 0.29) is 12.2 Å². The van der Waals surface area contributed by atoms with Crippen molar-refractivity contribution < 1.29 is 9.72 Å². The number of hydrogen-bond acceptors (Lipinski definition) is 4. The van der Waals surface area contributed by atoms with Crippen molar-refractivity contribution in [3.8, 4) is 0 Å². The zero-order valence-electron chi connectivity index (χ0n) is 6.77. The zero-order valence-corrected chi connectivity index (χ0v) is 6.77. The molecular weight excluding hydrogens is 172 g/mol. The summed E-state index contributed by atoms with van der Waals surface area (Å²) in [7, 11) is 0. The number of carbonyl (C=O) groups is 1. The number of rotatable bonds is 4. The molecule has 13 heavy (non-hydrogen) atoms. The lowest BCUT2D eigenvalue weighted by Crippen LogP contribution is -2.02. The second kappa shape index (κ2) is 4.20. The second-order valence-electron chi connectivity index (χ2n) is 2.36. The standard InChI is InChI=1S/C8H8N2O3/c11-5-4-9-7-2-1-3-8(6-7)10(12)13/h1-3,5-6,9H,4H2. The summed E-state index contributed by atoms with van der Waals surface area (Å²) in [5.74, 6) is 0. The van der Waals surface area contributed by atoms with E-state index < -0.39 is 4.92 Å². The Bertz CT molecular complexity index is 325. The van der Waals surface area contributed by atoms with Crippen LogP contribution in [0, 0.1) is 10.1 Å². The van der Waals surface area contributed by atoms with Gasteiger partial charge in [-0.15, -0.1) is 0 Å². The summed E-state index contributed by atoms with van der Waals surface area (Å²) in [6, 6.07) is 6.00.